The van der Waals surface area contributed by atoms with Crippen molar-refractivity contribution >= 4 is 11.9 Å². The lowest BCUT2D eigenvalue weighted by Crippen LogP contribution is -2.60. The van der Waals surface area contributed by atoms with E-state index in [-0.39, 0.29) is 16.9 Å². The number of hydrogen-bond acceptors (Lipinski definition) is 3. The number of hydrogen-bond donors (Lipinski definition) is 1. The van der Waals surface area contributed by atoms with Gasteiger partial charge < -0.3 is 14.7 Å². The number of likely N-dealkylation sites (tertiary alicyclic amines) is 1. The van der Waals surface area contributed by atoms with E-state index >= 15 is 4.39 Å². The molecule has 1 unspecified atom stereocenters. The summed E-state index contributed by atoms with van der Waals surface area (Å²) in [5.74, 6) is -1.32. The Bertz CT molecular complexity index is 1180. The molecular formula is C33H46FNO4. The second kappa shape index (κ2) is 8.22. The minimum Gasteiger partial charge on any atom is -0.493 e. The fourth-order valence-electron chi connectivity index (χ4n) is 11.1. The Kier molecular flexibility index (Phi) is 5.71. The summed E-state index contributed by atoms with van der Waals surface area (Å²) < 4.78 is 22.3. The van der Waals surface area contributed by atoms with Crippen LogP contribution in [-0.4, -0.2) is 40.6 Å². The standard InChI is InChI=1S/C33H46FNO4/c1-28(2,3)33(27(37)38)10-7-11-35(33)26(36)23-12-22(21-8-9-21)25(13-24(23)34)39-20-32-17-29(4)14-30(5,18-32)16-31(6,15-29)19-32/h12-13,21H,7-11,14-20H2,1-6H3,(H,37,38). The predicted octanol–water partition coefficient (Wildman–Crippen LogP) is 7.57. The topological polar surface area (TPSA) is 66.8 Å². The van der Waals surface area contributed by atoms with Gasteiger partial charge in [0.25, 0.3) is 5.91 Å². The molecular weight excluding hydrogens is 493 g/mol. The third-order valence-electron chi connectivity index (χ3n) is 11.1. The molecule has 4 bridgehead atoms. The number of carboxylic acids is 1. The smallest absolute Gasteiger partial charge is 0.330 e. The lowest BCUT2D eigenvalue weighted by atomic mass is 9.36. The summed E-state index contributed by atoms with van der Waals surface area (Å²) in [6, 6.07) is 3.10. The van der Waals surface area contributed by atoms with Crippen molar-refractivity contribution in [3.63, 3.8) is 0 Å². The summed E-state index contributed by atoms with van der Waals surface area (Å²) in [5, 5.41) is 10.3. The molecule has 39 heavy (non-hydrogen) atoms. The maximum atomic E-state index is 15.8. The average Bonchev–Trinajstić information content (AvgIpc) is 3.49. The molecule has 5 aliphatic carbocycles. The molecule has 1 N–H and O–H groups in total. The number of aliphatic carboxylic acids is 1. The zero-order valence-electron chi connectivity index (χ0n) is 24.7. The van der Waals surface area contributed by atoms with Crippen LogP contribution in [0.25, 0.3) is 0 Å². The highest BCUT2D eigenvalue weighted by molar-refractivity contribution is 5.99. The highest BCUT2D eigenvalue weighted by Crippen LogP contribution is 2.73. The molecule has 0 aromatic heterocycles. The van der Waals surface area contributed by atoms with Gasteiger partial charge in [0.1, 0.15) is 17.1 Å². The number of carbonyl (C=O) groups is 2. The van der Waals surface area contributed by atoms with E-state index in [1.54, 1.807) is 6.07 Å². The van der Waals surface area contributed by atoms with Crippen molar-refractivity contribution in [3.8, 4) is 5.75 Å². The van der Waals surface area contributed by atoms with E-state index < -0.39 is 28.6 Å². The molecule has 1 atom stereocenters. The number of amides is 1. The van der Waals surface area contributed by atoms with E-state index in [4.69, 9.17) is 4.74 Å². The van der Waals surface area contributed by atoms with Crippen molar-refractivity contribution in [2.24, 2.45) is 27.1 Å². The normalized spacial score (nSPS) is 39.3. The van der Waals surface area contributed by atoms with E-state index in [9.17, 15) is 14.7 Å². The number of carbonyl (C=O) groups excluding carboxylic acids is 1. The van der Waals surface area contributed by atoms with Gasteiger partial charge in [0, 0.05) is 18.0 Å². The molecule has 0 spiro atoms. The Balaban J connectivity index is 1.30. The Morgan fingerprint density at radius 1 is 1.00 bits per heavy atom. The van der Waals surface area contributed by atoms with Gasteiger partial charge in [-0.25, -0.2) is 9.18 Å². The third kappa shape index (κ3) is 4.22. The van der Waals surface area contributed by atoms with E-state index in [0.717, 1.165) is 18.4 Å². The minimum atomic E-state index is -1.35. The fraction of sp³-hybridized carbons (Fsp3) is 0.758. The first-order chi connectivity index (χ1) is 18.0. The maximum Gasteiger partial charge on any atom is 0.330 e. The van der Waals surface area contributed by atoms with Gasteiger partial charge in [-0.3, -0.25) is 4.79 Å². The van der Waals surface area contributed by atoms with Crippen molar-refractivity contribution in [2.45, 2.75) is 117 Å². The van der Waals surface area contributed by atoms with Gasteiger partial charge in [-0.15, -0.1) is 0 Å². The number of carboxylic acid groups (broad SMARTS) is 1. The Morgan fingerprint density at radius 2 is 1.56 bits per heavy atom. The van der Waals surface area contributed by atoms with Gasteiger partial charge in [-0.05, 0) is 103 Å². The highest BCUT2D eigenvalue weighted by atomic mass is 19.1. The lowest BCUT2D eigenvalue weighted by Gasteiger charge is -2.69. The second-order valence-corrected chi connectivity index (χ2v) is 16.4. The largest absolute Gasteiger partial charge is 0.493 e. The van der Waals surface area contributed by atoms with Crippen LogP contribution in [0.5, 0.6) is 5.75 Å². The summed E-state index contributed by atoms with van der Waals surface area (Å²) >= 11 is 0. The van der Waals surface area contributed by atoms with Gasteiger partial charge in [-0.2, -0.15) is 0 Å². The van der Waals surface area contributed by atoms with Crippen LogP contribution < -0.4 is 4.74 Å². The van der Waals surface area contributed by atoms with E-state index in [2.05, 4.69) is 20.8 Å². The molecule has 6 fully saturated rings. The molecule has 6 heteroatoms. The highest BCUT2D eigenvalue weighted by Gasteiger charge is 2.64. The number of rotatable bonds is 6. The predicted molar refractivity (Wildman–Crippen MR) is 148 cm³/mol. The maximum absolute atomic E-state index is 15.8. The molecule has 1 aromatic rings. The number of benzene rings is 1. The molecule has 214 valence electrons. The van der Waals surface area contributed by atoms with Gasteiger partial charge >= 0.3 is 5.97 Å². The molecule has 1 heterocycles. The third-order valence-corrected chi connectivity index (χ3v) is 11.1. The molecule has 5 saturated carbocycles. The van der Waals surface area contributed by atoms with Gasteiger partial charge in [-0.1, -0.05) is 41.5 Å². The summed E-state index contributed by atoms with van der Waals surface area (Å²) in [4.78, 5) is 27.8. The van der Waals surface area contributed by atoms with E-state index in [1.807, 2.05) is 20.8 Å². The summed E-state index contributed by atoms with van der Waals surface area (Å²) in [6.07, 6.45) is 10.3. The zero-order chi connectivity index (χ0) is 28.2. The molecule has 1 amide bonds. The van der Waals surface area contributed by atoms with Crippen LogP contribution in [-0.2, 0) is 4.79 Å². The zero-order valence-corrected chi connectivity index (χ0v) is 24.7. The molecule has 1 aliphatic heterocycles. The molecule has 5 nitrogen and oxygen atoms in total. The van der Waals surface area contributed by atoms with Crippen LogP contribution in [0.2, 0.25) is 0 Å². The van der Waals surface area contributed by atoms with Gasteiger partial charge in [0.15, 0.2) is 0 Å². The molecule has 1 saturated heterocycles. The van der Waals surface area contributed by atoms with Crippen molar-refractivity contribution < 1.29 is 23.8 Å². The van der Waals surface area contributed by atoms with Crippen LogP contribution in [0.1, 0.15) is 128 Å². The van der Waals surface area contributed by atoms with Crippen molar-refractivity contribution in [3.05, 3.63) is 29.1 Å². The first kappa shape index (κ1) is 27.1. The Morgan fingerprint density at radius 3 is 2.05 bits per heavy atom. The molecule has 7 rings (SSSR count). The molecule has 0 radical (unpaired) electrons. The lowest BCUT2D eigenvalue weighted by molar-refractivity contribution is -0.192. The van der Waals surface area contributed by atoms with Crippen LogP contribution >= 0.6 is 0 Å². The summed E-state index contributed by atoms with van der Waals surface area (Å²) in [5.41, 5.74) is -0.00144. The van der Waals surface area contributed by atoms with Crippen LogP contribution in [0, 0.1) is 32.9 Å². The quantitative estimate of drug-likeness (QED) is 0.405. The summed E-state index contributed by atoms with van der Waals surface area (Å²) in [7, 11) is 0. The monoisotopic (exact) mass is 539 g/mol. The number of nitrogens with zero attached hydrogens (tertiary/aromatic N) is 1. The van der Waals surface area contributed by atoms with Crippen molar-refractivity contribution in [1.29, 1.82) is 0 Å². The van der Waals surface area contributed by atoms with E-state index in [1.165, 1.54) is 49.5 Å². The van der Waals surface area contributed by atoms with Crippen LogP contribution in [0.3, 0.4) is 0 Å². The van der Waals surface area contributed by atoms with Gasteiger partial charge in [0.05, 0.1) is 12.2 Å². The molecule has 1 aromatic carbocycles. The van der Waals surface area contributed by atoms with Gasteiger partial charge in [0.2, 0.25) is 0 Å². The number of halogens is 1. The van der Waals surface area contributed by atoms with E-state index in [0.29, 0.717) is 48.0 Å². The Hall–Kier alpha value is -2.11. The molecule has 6 aliphatic rings. The summed E-state index contributed by atoms with van der Waals surface area (Å²) in [6.45, 7) is 13.8. The SMILES string of the molecule is CC12CC3(C)CC(C)(C1)CC(COc1cc(F)c(C(=O)N4CCCC4(C(=O)O)C(C)(C)C)cc1C1CC1)(C2)C3. The fourth-order valence-corrected chi connectivity index (χ4v) is 11.1. The minimum absolute atomic E-state index is 0.0247. The first-order valence-electron chi connectivity index (χ1n) is 15.0. The second-order valence-electron chi connectivity index (χ2n) is 16.4. The van der Waals surface area contributed by atoms with Crippen LogP contribution in [0.15, 0.2) is 12.1 Å². The first-order valence-corrected chi connectivity index (χ1v) is 15.0. The number of ether oxygens (including phenoxy) is 1. The van der Waals surface area contributed by atoms with Crippen molar-refractivity contribution in [1.82, 2.24) is 4.90 Å². The Labute approximate surface area is 232 Å². The van der Waals surface area contributed by atoms with Crippen molar-refractivity contribution in [2.75, 3.05) is 13.2 Å². The average molecular weight is 540 g/mol. The van der Waals surface area contributed by atoms with Crippen LogP contribution in [0.4, 0.5) is 4.39 Å².